The Bertz CT molecular complexity index is 452. The number of carbonyl (C=O) groups excluding carboxylic acids is 2. The van der Waals surface area contributed by atoms with E-state index in [1.54, 1.807) is 32.9 Å². The Morgan fingerprint density at radius 1 is 1.20 bits per heavy atom. The molecule has 5 nitrogen and oxygen atoms in total. The first-order chi connectivity index (χ1) is 9.31. The first-order valence-corrected chi connectivity index (χ1v) is 6.67. The first-order valence-electron chi connectivity index (χ1n) is 6.67. The minimum Gasteiger partial charge on any atom is -0.444 e. The third-order valence-electron chi connectivity index (χ3n) is 2.46. The summed E-state index contributed by atoms with van der Waals surface area (Å²) < 4.78 is 5.14. The van der Waals surface area contributed by atoms with Crippen LogP contribution in [0.25, 0.3) is 0 Å². The molecule has 1 rings (SSSR count). The lowest BCUT2D eigenvalue weighted by molar-refractivity contribution is -0.118. The number of amides is 2. The molecule has 0 spiro atoms. The molecule has 0 heterocycles. The lowest BCUT2D eigenvalue weighted by Gasteiger charge is -2.22. The van der Waals surface area contributed by atoms with Crippen LogP contribution >= 0.6 is 0 Å². The standard InChI is InChI=1S/C15H22N2O3/c1-5-12(17-14(19)20-15(2,3)4)13(18)16-11-9-7-6-8-10-11/h6-10,12H,5H2,1-4H3,(H,16,18)(H,17,19). The van der Waals surface area contributed by atoms with Crippen LogP contribution in [0.5, 0.6) is 0 Å². The van der Waals surface area contributed by atoms with Crippen molar-refractivity contribution in [1.82, 2.24) is 5.32 Å². The molecular weight excluding hydrogens is 256 g/mol. The molecule has 2 amide bonds. The largest absolute Gasteiger partial charge is 0.444 e. The molecule has 1 aromatic carbocycles. The molecule has 5 heteroatoms. The Morgan fingerprint density at radius 3 is 2.30 bits per heavy atom. The van der Waals surface area contributed by atoms with Gasteiger partial charge >= 0.3 is 6.09 Å². The number of ether oxygens (including phenoxy) is 1. The summed E-state index contributed by atoms with van der Waals surface area (Å²) in [7, 11) is 0. The maximum atomic E-state index is 12.1. The second-order valence-electron chi connectivity index (χ2n) is 5.46. The van der Waals surface area contributed by atoms with Gasteiger partial charge in [-0.2, -0.15) is 0 Å². The van der Waals surface area contributed by atoms with Crippen LogP contribution in [0.2, 0.25) is 0 Å². The van der Waals surface area contributed by atoms with Crippen LogP contribution in [0.1, 0.15) is 34.1 Å². The van der Waals surface area contributed by atoms with E-state index in [1.807, 2.05) is 25.1 Å². The fraction of sp³-hybridized carbons (Fsp3) is 0.467. The van der Waals surface area contributed by atoms with Gasteiger partial charge < -0.3 is 15.4 Å². The normalized spacial score (nSPS) is 12.4. The van der Waals surface area contributed by atoms with E-state index in [-0.39, 0.29) is 5.91 Å². The van der Waals surface area contributed by atoms with Gasteiger partial charge in [0.1, 0.15) is 11.6 Å². The molecule has 20 heavy (non-hydrogen) atoms. The van der Waals surface area contributed by atoms with Gasteiger partial charge in [0.05, 0.1) is 0 Å². The summed E-state index contributed by atoms with van der Waals surface area (Å²) >= 11 is 0. The van der Waals surface area contributed by atoms with E-state index >= 15 is 0 Å². The lowest BCUT2D eigenvalue weighted by atomic mass is 10.2. The van der Waals surface area contributed by atoms with Crippen LogP contribution < -0.4 is 10.6 Å². The average Bonchev–Trinajstić information content (AvgIpc) is 2.35. The highest BCUT2D eigenvalue weighted by atomic mass is 16.6. The van der Waals surface area contributed by atoms with Gasteiger partial charge in [-0.05, 0) is 39.3 Å². The Morgan fingerprint density at radius 2 is 1.80 bits per heavy atom. The number of para-hydroxylation sites is 1. The van der Waals surface area contributed by atoms with Gasteiger partial charge in [0.15, 0.2) is 0 Å². The second kappa shape index (κ2) is 6.93. The molecule has 2 N–H and O–H groups in total. The molecule has 0 saturated carbocycles. The summed E-state index contributed by atoms with van der Waals surface area (Å²) in [6.07, 6.45) is -0.106. The number of rotatable bonds is 4. The third kappa shape index (κ3) is 5.73. The van der Waals surface area contributed by atoms with E-state index in [0.717, 1.165) is 0 Å². The predicted molar refractivity (Wildman–Crippen MR) is 78.5 cm³/mol. The number of carbonyl (C=O) groups is 2. The Labute approximate surface area is 119 Å². The van der Waals surface area contributed by atoms with E-state index in [2.05, 4.69) is 10.6 Å². The van der Waals surface area contributed by atoms with Gasteiger partial charge in [0.25, 0.3) is 0 Å². The van der Waals surface area contributed by atoms with Crippen molar-refractivity contribution in [2.24, 2.45) is 0 Å². The molecule has 0 aliphatic carbocycles. The van der Waals surface area contributed by atoms with Crippen LogP contribution in [0, 0.1) is 0 Å². The number of nitrogens with one attached hydrogen (secondary N) is 2. The molecule has 1 aromatic rings. The van der Waals surface area contributed by atoms with Crippen LogP contribution in [-0.2, 0) is 9.53 Å². The summed E-state index contributed by atoms with van der Waals surface area (Å²) in [6, 6.07) is 8.49. The summed E-state index contributed by atoms with van der Waals surface area (Å²) in [5.41, 5.74) is 0.111. The zero-order valence-electron chi connectivity index (χ0n) is 12.4. The molecule has 110 valence electrons. The van der Waals surface area contributed by atoms with Gasteiger partial charge in [-0.3, -0.25) is 4.79 Å². The minimum atomic E-state index is -0.620. The van der Waals surface area contributed by atoms with Crippen molar-refractivity contribution in [3.63, 3.8) is 0 Å². The topological polar surface area (TPSA) is 67.4 Å². The van der Waals surface area contributed by atoms with Crippen LogP contribution in [0.3, 0.4) is 0 Å². The van der Waals surface area contributed by atoms with Crippen LogP contribution in [0.15, 0.2) is 30.3 Å². The quantitative estimate of drug-likeness (QED) is 0.889. The number of alkyl carbamates (subject to hydrolysis) is 1. The average molecular weight is 278 g/mol. The first kappa shape index (κ1) is 16.0. The molecular formula is C15H22N2O3. The van der Waals surface area contributed by atoms with Gasteiger partial charge in [-0.15, -0.1) is 0 Å². The van der Waals surface area contributed by atoms with Gasteiger partial charge in [0.2, 0.25) is 5.91 Å². The fourth-order valence-corrected chi connectivity index (χ4v) is 1.55. The van der Waals surface area contributed by atoms with Crippen LogP contribution in [0.4, 0.5) is 10.5 Å². The molecule has 0 saturated heterocycles. The third-order valence-corrected chi connectivity index (χ3v) is 2.46. The zero-order chi connectivity index (χ0) is 15.2. The second-order valence-corrected chi connectivity index (χ2v) is 5.46. The van der Waals surface area contributed by atoms with Gasteiger partial charge in [-0.25, -0.2) is 4.79 Å². The number of benzene rings is 1. The Kier molecular flexibility index (Phi) is 5.55. The highest BCUT2D eigenvalue weighted by Crippen LogP contribution is 2.09. The maximum Gasteiger partial charge on any atom is 0.408 e. The number of anilines is 1. The molecule has 0 aliphatic heterocycles. The summed E-state index contributed by atoms with van der Waals surface area (Å²) in [6.45, 7) is 7.15. The molecule has 0 radical (unpaired) electrons. The van der Waals surface area contributed by atoms with E-state index in [4.69, 9.17) is 4.74 Å². The van der Waals surface area contributed by atoms with E-state index in [0.29, 0.717) is 12.1 Å². The molecule has 0 aromatic heterocycles. The van der Waals surface area contributed by atoms with Crippen molar-refractivity contribution in [2.75, 3.05) is 5.32 Å². The molecule has 0 fully saturated rings. The monoisotopic (exact) mass is 278 g/mol. The summed E-state index contributed by atoms with van der Waals surface area (Å²) in [5.74, 6) is -0.260. The van der Waals surface area contributed by atoms with Gasteiger partial charge in [0, 0.05) is 5.69 Å². The Hall–Kier alpha value is -2.04. The maximum absolute atomic E-state index is 12.1. The van der Waals surface area contributed by atoms with Crippen molar-refractivity contribution in [2.45, 2.75) is 45.8 Å². The molecule has 0 aliphatic rings. The van der Waals surface area contributed by atoms with Crippen molar-refractivity contribution in [1.29, 1.82) is 0 Å². The predicted octanol–water partition coefficient (Wildman–Crippen LogP) is 2.93. The van der Waals surface area contributed by atoms with Crippen molar-refractivity contribution in [3.8, 4) is 0 Å². The lowest BCUT2D eigenvalue weighted by Crippen LogP contribution is -2.45. The highest BCUT2D eigenvalue weighted by molar-refractivity contribution is 5.96. The van der Waals surface area contributed by atoms with Crippen molar-refractivity contribution >= 4 is 17.7 Å². The number of hydrogen-bond donors (Lipinski definition) is 2. The van der Waals surface area contributed by atoms with Gasteiger partial charge in [-0.1, -0.05) is 25.1 Å². The Balaban J connectivity index is 2.57. The molecule has 1 atom stereocenters. The smallest absolute Gasteiger partial charge is 0.408 e. The number of hydrogen-bond acceptors (Lipinski definition) is 3. The minimum absolute atomic E-state index is 0.260. The van der Waals surface area contributed by atoms with E-state index < -0.39 is 17.7 Å². The van der Waals surface area contributed by atoms with Crippen molar-refractivity contribution in [3.05, 3.63) is 30.3 Å². The fourth-order valence-electron chi connectivity index (χ4n) is 1.55. The zero-order valence-corrected chi connectivity index (χ0v) is 12.4. The molecule has 1 unspecified atom stereocenters. The summed E-state index contributed by atoms with van der Waals surface area (Å²) in [4.78, 5) is 23.7. The summed E-state index contributed by atoms with van der Waals surface area (Å²) in [5, 5.41) is 5.32. The highest BCUT2D eigenvalue weighted by Gasteiger charge is 2.22. The van der Waals surface area contributed by atoms with E-state index in [1.165, 1.54) is 0 Å². The SMILES string of the molecule is CCC(NC(=O)OC(C)(C)C)C(=O)Nc1ccccc1. The van der Waals surface area contributed by atoms with Crippen molar-refractivity contribution < 1.29 is 14.3 Å². The van der Waals surface area contributed by atoms with Crippen LogP contribution in [-0.4, -0.2) is 23.6 Å². The molecule has 0 bridgehead atoms. The van der Waals surface area contributed by atoms with E-state index in [9.17, 15) is 9.59 Å².